The van der Waals surface area contributed by atoms with Gasteiger partial charge in [-0.05, 0) is 71.7 Å². The van der Waals surface area contributed by atoms with Crippen molar-refractivity contribution in [3.05, 3.63) is 71.1 Å². The van der Waals surface area contributed by atoms with E-state index in [4.69, 9.17) is 11.6 Å². The van der Waals surface area contributed by atoms with E-state index in [1.807, 2.05) is 35.1 Å². The largest absolute Gasteiger partial charge is 0.355 e. The van der Waals surface area contributed by atoms with Crippen LogP contribution in [0.3, 0.4) is 0 Å². The number of anilines is 2. The second-order valence-electron chi connectivity index (χ2n) is 7.52. The van der Waals surface area contributed by atoms with Gasteiger partial charge in [-0.3, -0.25) is 9.99 Å². The van der Waals surface area contributed by atoms with Crippen molar-refractivity contribution in [1.29, 1.82) is 0 Å². The summed E-state index contributed by atoms with van der Waals surface area (Å²) in [7, 11) is 0. The van der Waals surface area contributed by atoms with Gasteiger partial charge in [0.25, 0.3) is 0 Å². The summed E-state index contributed by atoms with van der Waals surface area (Å²) in [5, 5.41) is 19.9. The van der Waals surface area contributed by atoms with Crippen molar-refractivity contribution in [2.45, 2.75) is 25.7 Å². The van der Waals surface area contributed by atoms with Gasteiger partial charge in [0.1, 0.15) is 0 Å². The molecule has 2 aromatic carbocycles. The number of rotatable bonds is 5. The minimum atomic E-state index is 0.672. The Balaban J connectivity index is 1.38. The van der Waals surface area contributed by atoms with Gasteiger partial charge in [0.15, 0.2) is 5.82 Å². The zero-order valence-electron chi connectivity index (χ0n) is 16.5. The molecule has 8 heteroatoms. The highest BCUT2D eigenvalue weighted by molar-refractivity contribution is 6.31. The van der Waals surface area contributed by atoms with Crippen LogP contribution in [0.25, 0.3) is 10.9 Å². The van der Waals surface area contributed by atoms with Crippen molar-refractivity contribution in [1.82, 2.24) is 25.3 Å². The van der Waals surface area contributed by atoms with E-state index in [2.05, 4.69) is 49.0 Å². The second-order valence-corrected chi connectivity index (χ2v) is 7.96. The van der Waals surface area contributed by atoms with Crippen LogP contribution < -0.4 is 10.3 Å². The molecule has 152 valence electrons. The molecule has 1 aliphatic heterocycles. The Hall–Kier alpha value is -3.19. The highest BCUT2D eigenvalue weighted by Crippen LogP contribution is 2.27. The molecule has 1 aliphatic rings. The van der Waals surface area contributed by atoms with E-state index in [1.54, 1.807) is 6.20 Å². The minimum Gasteiger partial charge on any atom is -0.355 e. The average molecular weight is 420 g/mol. The molecule has 0 radical (unpaired) electrons. The molecule has 1 fully saturated rings. The summed E-state index contributed by atoms with van der Waals surface area (Å²) in [6, 6.07) is 16.1. The quantitative estimate of drug-likeness (QED) is 0.519. The van der Waals surface area contributed by atoms with Gasteiger partial charge in [-0.2, -0.15) is 0 Å². The fourth-order valence-electron chi connectivity index (χ4n) is 3.92. The Bertz CT molecular complexity index is 1170. The van der Waals surface area contributed by atoms with Crippen LogP contribution in [0, 0.1) is 0 Å². The number of hydrogen-bond donors (Lipinski definition) is 1. The van der Waals surface area contributed by atoms with Gasteiger partial charge in [0.05, 0.1) is 5.52 Å². The third kappa shape index (κ3) is 3.93. The van der Waals surface area contributed by atoms with E-state index in [0.29, 0.717) is 11.4 Å². The lowest BCUT2D eigenvalue weighted by Crippen LogP contribution is -2.41. The predicted octanol–water partition coefficient (Wildman–Crippen LogP) is 4.33. The molecule has 0 aliphatic carbocycles. The number of tetrazole rings is 1. The van der Waals surface area contributed by atoms with Crippen LogP contribution in [-0.4, -0.2) is 38.4 Å². The summed E-state index contributed by atoms with van der Waals surface area (Å²) in [5.74, 6) is 0.859. The second kappa shape index (κ2) is 8.28. The maximum Gasteiger partial charge on any atom is 0.178 e. The van der Waals surface area contributed by atoms with Gasteiger partial charge in [-0.25, -0.2) is 0 Å². The minimum absolute atomic E-state index is 0.672. The zero-order valence-corrected chi connectivity index (χ0v) is 17.3. The van der Waals surface area contributed by atoms with E-state index < -0.39 is 0 Å². The molecule has 0 bridgehead atoms. The van der Waals surface area contributed by atoms with Crippen LogP contribution in [0.4, 0.5) is 11.4 Å². The molecule has 0 unspecified atom stereocenters. The van der Waals surface area contributed by atoms with Crippen LogP contribution in [0.2, 0.25) is 5.02 Å². The average Bonchev–Trinajstić information content (AvgIpc) is 3.23. The first kappa shape index (κ1) is 18.8. The SMILES string of the molecule is Clc1ccc2c(Nc3cccc(Cc4nnnn4N4CCCCC4)c3)ccnc2c1. The fourth-order valence-corrected chi connectivity index (χ4v) is 4.09. The third-order valence-corrected chi connectivity index (χ3v) is 5.62. The molecule has 0 amide bonds. The number of fused-ring (bicyclic) bond motifs is 1. The number of benzene rings is 2. The van der Waals surface area contributed by atoms with Crippen LogP contribution in [0.15, 0.2) is 54.7 Å². The molecule has 0 spiro atoms. The number of nitrogens with one attached hydrogen (secondary N) is 1. The van der Waals surface area contributed by atoms with E-state index in [9.17, 15) is 0 Å². The van der Waals surface area contributed by atoms with E-state index in [1.165, 1.54) is 19.3 Å². The molecule has 1 saturated heterocycles. The first-order chi connectivity index (χ1) is 14.8. The van der Waals surface area contributed by atoms with Gasteiger partial charge in [0, 0.05) is 47.5 Å². The highest BCUT2D eigenvalue weighted by atomic mass is 35.5. The third-order valence-electron chi connectivity index (χ3n) is 5.39. The lowest BCUT2D eigenvalue weighted by Gasteiger charge is -2.28. The van der Waals surface area contributed by atoms with E-state index in [-0.39, 0.29) is 0 Å². The summed E-state index contributed by atoms with van der Waals surface area (Å²) < 4.78 is 0. The number of piperidine rings is 1. The number of pyridine rings is 1. The van der Waals surface area contributed by atoms with E-state index in [0.717, 1.165) is 46.8 Å². The smallest absolute Gasteiger partial charge is 0.178 e. The summed E-state index contributed by atoms with van der Waals surface area (Å²) in [4.78, 5) is 6.29. The Labute approximate surface area is 179 Å². The number of aromatic nitrogens is 5. The number of nitrogens with zero attached hydrogens (tertiary/aromatic N) is 6. The lowest BCUT2D eigenvalue weighted by atomic mass is 10.1. The Morgan fingerprint density at radius 2 is 1.90 bits per heavy atom. The number of hydrogen-bond acceptors (Lipinski definition) is 6. The molecule has 7 nitrogen and oxygen atoms in total. The maximum atomic E-state index is 6.11. The standard InChI is InChI=1S/C22H22ClN7/c23-17-7-8-19-20(9-10-24-21(19)15-17)25-18-6-4-5-16(13-18)14-22-26-27-28-30(22)29-11-2-1-3-12-29/h4-10,13,15H,1-3,11-12,14H2,(H,24,25). The monoisotopic (exact) mass is 419 g/mol. The van der Waals surface area contributed by atoms with Crippen molar-refractivity contribution < 1.29 is 0 Å². The summed E-state index contributed by atoms with van der Waals surface area (Å²) in [5.41, 5.74) is 4.01. The lowest BCUT2D eigenvalue weighted by molar-refractivity contribution is 0.432. The molecule has 5 rings (SSSR count). The molecule has 0 atom stereocenters. The molecule has 2 aromatic heterocycles. The Morgan fingerprint density at radius 1 is 1.00 bits per heavy atom. The van der Waals surface area contributed by atoms with Crippen LogP contribution in [-0.2, 0) is 6.42 Å². The molecule has 1 N–H and O–H groups in total. The van der Waals surface area contributed by atoms with E-state index >= 15 is 0 Å². The summed E-state index contributed by atoms with van der Waals surface area (Å²) in [6.07, 6.45) is 6.11. The fraction of sp³-hybridized carbons (Fsp3) is 0.273. The van der Waals surface area contributed by atoms with Crippen molar-refractivity contribution >= 4 is 33.9 Å². The maximum absolute atomic E-state index is 6.11. The first-order valence-corrected chi connectivity index (χ1v) is 10.6. The molecule has 4 aromatic rings. The zero-order chi connectivity index (χ0) is 20.3. The normalized spacial score (nSPS) is 14.2. The molecule has 30 heavy (non-hydrogen) atoms. The Kier molecular flexibility index (Phi) is 5.19. The van der Waals surface area contributed by atoms with Gasteiger partial charge >= 0.3 is 0 Å². The van der Waals surface area contributed by atoms with Gasteiger partial charge in [-0.1, -0.05) is 23.7 Å². The molecule has 3 heterocycles. The van der Waals surface area contributed by atoms with Crippen LogP contribution >= 0.6 is 11.6 Å². The predicted molar refractivity (Wildman–Crippen MR) is 119 cm³/mol. The molecule has 0 saturated carbocycles. The van der Waals surface area contributed by atoms with Gasteiger partial charge in [-0.15, -0.1) is 9.89 Å². The van der Waals surface area contributed by atoms with Gasteiger partial charge < -0.3 is 5.32 Å². The van der Waals surface area contributed by atoms with Crippen molar-refractivity contribution in [3.8, 4) is 0 Å². The van der Waals surface area contributed by atoms with Crippen LogP contribution in [0.5, 0.6) is 0 Å². The van der Waals surface area contributed by atoms with Crippen LogP contribution in [0.1, 0.15) is 30.7 Å². The van der Waals surface area contributed by atoms with Gasteiger partial charge in [0.2, 0.25) is 0 Å². The molecular weight excluding hydrogens is 398 g/mol. The highest BCUT2D eigenvalue weighted by Gasteiger charge is 2.16. The summed E-state index contributed by atoms with van der Waals surface area (Å²) >= 11 is 6.11. The van der Waals surface area contributed by atoms with Crippen molar-refractivity contribution in [3.63, 3.8) is 0 Å². The summed E-state index contributed by atoms with van der Waals surface area (Å²) in [6.45, 7) is 2.00. The topological polar surface area (TPSA) is 71.8 Å². The molecular formula is C22H22ClN7. The first-order valence-electron chi connectivity index (χ1n) is 10.2. The van der Waals surface area contributed by atoms with Crippen molar-refractivity contribution in [2.24, 2.45) is 0 Å². The Morgan fingerprint density at radius 3 is 2.80 bits per heavy atom. The van der Waals surface area contributed by atoms with Crippen molar-refractivity contribution in [2.75, 3.05) is 23.4 Å². The number of halogens is 1.